The van der Waals surface area contributed by atoms with E-state index in [9.17, 15) is 9.59 Å². The molecule has 0 rings (SSSR count). The minimum Gasteiger partial charge on any atom is -0.354 e. The number of carbonyl (C=O) groups is 2. The van der Waals surface area contributed by atoms with Crippen LogP contribution in [0.4, 0.5) is 0 Å². The molecule has 0 spiro atoms. The highest BCUT2D eigenvalue weighted by Gasteiger charge is 2.04. The van der Waals surface area contributed by atoms with Crippen molar-refractivity contribution < 1.29 is 9.59 Å². The Bertz CT molecular complexity index is 256. The lowest BCUT2D eigenvalue weighted by atomic mass is 10.4. The van der Waals surface area contributed by atoms with E-state index in [1.54, 1.807) is 14.1 Å². The minimum absolute atomic E-state index is 0.00751. The van der Waals surface area contributed by atoms with Crippen LogP contribution >= 0.6 is 0 Å². The highest BCUT2D eigenvalue weighted by molar-refractivity contribution is 5.79. The fraction of sp³-hybridized carbons (Fsp3) is 0.600. The van der Waals surface area contributed by atoms with Crippen LogP contribution in [-0.4, -0.2) is 50.4 Å². The standard InChI is InChI=1S/C10H17N3O2/c1-4-6-11-8-9(14)12-7-5-10(15)13(2)3/h1,11H,5-8H2,2-3H3,(H,12,14). The van der Waals surface area contributed by atoms with Crippen molar-refractivity contribution in [2.24, 2.45) is 0 Å². The lowest BCUT2D eigenvalue weighted by Crippen LogP contribution is -2.36. The summed E-state index contributed by atoms with van der Waals surface area (Å²) in [6.45, 7) is 0.901. The van der Waals surface area contributed by atoms with Gasteiger partial charge in [0.25, 0.3) is 0 Å². The Hall–Kier alpha value is -1.54. The van der Waals surface area contributed by atoms with E-state index in [1.807, 2.05) is 0 Å². The Kier molecular flexibility index (Phi) is 7.02. The van der Waals surface area contributed by atoms with Gasteiger partial charge in [0.05, 0.1) is 13.1 Å². The molecule has 0 heterocycles. The van der Waals surface area contributed by atoms with Crippen molar-refractivity contribution in [3.63, 3.8) is 0 Å². The first-order chi connectivity index (χ1) is 7.07. The Balaban J connectivity index is 3.48. The zero-order chi connectivity index (χ0) is 11.7. The summed E-state index contributed by atoms with van der Waals surface area (Å²) in [5.41, 5.74) is 0. The molecule has 5 heteroatoms. The molecule has 0 saturated carbocycles. The summed E-state index contributed by atoms with van der Waals surface area (Å²) in [5.74, 6) is 2.20. The predicted molar refractivity (Wildman–Crippen MR) is 58.0 cm³/mol. The van der Waals surface area contributed by atoms with Crippen molar-refractivity contribution in [1.82, 2.24) is 15.5 Å². The summed E-state index contributed by atoms with van der Waals surface area (Å²) in [4.78, 5) is 23.7. The van der Waals surface area contributed by atoms with Crippen molar-refractivity contribution in [2.75, 3.05) is 33.7 Å². The Labute approximate surface area is 90.2 Å². The van der Waals surface area contributed by atoms with Crippen LogP contribution in [0.3, 0.4) is 0 Å². The van der Waals surface area contributed by atoms with E-state index in [4.69, 9.17) is 6.42 Å². The van der Waals surface area contributed by atoms with E-state index in [1.165, 1.54) is 4.90 Å². The second-order valence-corrected chi connectivity index (χ2v) is 3.20. The molecule has 0 saturated heterocycles. The summed E-state index contributed by atoms with van der Waals surface area (Å²) in [5, 5.41) is 5.36. The van der Waals surface area contributed by atoms with Gasteiger partial charge in [-0.1, -0.05) is 5.92 Å². The largest absolute Gasteiger partial charge is 0.354 e. The molecular formula is C10H17N3O2. The highest BCUT2D eigenvalue weighted by Crippen LogP contribution is 1.84. The van der Waals surface area contributed by atoms with Gasteiger partial charge >= 0.3 is 0 Å². The van der Waals surface area contributed by atoms with Crippen LogP contribution in [0.25, 0.3) is 0 Å². The molecule has 0 aliphatic rings. The fourth-order valence-electron chi connectivity index (χ4n) is 0.843. The third-order valence-corrected chi connectivity index (χ3v) is 1.67. The normalized spacial score (nSPS) is 9.13. The zero-order valence-electron chi connectivity index (χ0n) is 9.17. The van der Waals surface area contributed by atoms with Gasteiger partial charge in [-0.2, -0.15) is 0 Å². The van der Waals surface area contributed by atoms with E-state index in [0.29, 0.717) is 19.5 Å². The van der Waals surface area contributed by atoms with Crippen molar-refractivity contribution in [1.29, 1.82) is 0 Å². The number of rotatable bonds is 6. The molecule has 0 aromatic rings. The molecule has 0 fully saturated rings. The second kappa shape index (κ2) is 7.83. The average molecular weight is 211 g/mol. The van der Waals surface area contributed by atoms with Gasteiger partial charge in [-0.15, -0.1) is 6.42 Å². The molecule has 0 unspecified atom stereocenters. The average Bonchev–Trinajstić information content (AvgIpc) is 2.18. The van der Waals surface area contributed by atoms with Gasteiger partial charge in [-0.05, 0) is 0 Å². The SMILES string of the molecule is C#CCNCC(=O)NCCC(=O)N(C)C. The molecule has 84 valence electrons. The van der Waals surface area contributed by atoms with Crippen molar-refractivity contribution in [2.45, 2.75) is 6.42 Å². The van der Waals surface area contributed by atoms with Crippen LogP contribution in [-0.2, 0) is 9.59 Å². The highest BCUT2D eigenvalue weighted by atomic mass is 16.2. The van der Waals surface area contributed by atoms with Crippen molar-refractivity contribution >= 4 is 11.8 Å². The molecule has 0 radical (unpaired) electrons. The molecule has 0 atom stereocenters. The third-order valence-electron chi connectivity index (χ3n) is 1.67. The first-order valence-corrected chi connectivity index (χ1v) is 4.69. The van der Waals surface area contributed by atoms with E-state index < -0.39 is 0 Å². The number of nitrogens with zero attached hydrogens (tertiary/aromatic N) is 1. The Morgan fingerprint density at radius 2 is 2.07 bits per heavy atom. The molecule has 0 aromatic heterocycles. The summed E-state index contributed by atoms with van der Waals surface area (Å²) in [6.07, 6.45) is 5.31. The van der Waals surface area contributed by atoms with Crippen LogP contribution in [0.1, 0.15) is 6.42 Å². The molecule has 0 aromatic carbocycles. The van der Waals surface area contributed by atoms with Crippen LogP contribution in [0.15, 0.2) is 0 Å². The van der Waals surface area contributed by atoms with E-state index >= 15 is 0 Å². The minimum atomic E-state index is -0.156. The lowest BCUT2D eigenvalue weighted by Gasteiger charge is -2.10. The molecule has 0 aliphatic carbocycles. The summed E-state index contributed by atoms with van der Waals surface area (Å²) in [6, 6.07) is 0. The molecule has 5 nitrogen and oxygen atoms in total. The van der Waals surface area contributed by atoms with Gasteiger partial charge in [0.1, 0.15) is 0 Å². The molecule has 15 heavy (non-hydrogen) atoms. The molecule has 2 amide bonds. The first-order valence-electron chi connectivity index (χ1n) is 4.69. The summed E-state index contributed by atoms with van der Waals surface area (Å²) < 4.78 is 0. The van der Waals surface area contributed by atoms with Gasteiger partial charge in [0, 0.05) is 27.1 Å². The van der Waals surface area contributed by atoms with Crippen LogP contribution < -0.4 is 10.6 Å². The van der Waals surface area contributed by atoms with Crippen molar-refractivity contribution in [3.8, 4) is 12.3 Å². The summed E-state index contributed by atoms with van der Waals surface area (Å²) in [7, 11) is 3.36. The number of hydrogen-bond donors (Lipinski definition) is 2. The molecule has 0 bridgehead atoms. The number of hydrogen-bond acceptors (Lipinski definition) is 3. The maximum Gasteiger partial charge on any atom is 0.233 e. The second-order valence-electron chi connectivity index (χ2n) is 3.20. The fourth-order valence-corrected chi connectivity index (χ4v) is 0.843. The van der Waals surface area contributed by atoms with Gasteiger partial charge in [0.2, 0.25) is 11.8 Å². The zero-order valence-corrected chi connectivity index (χ0v) is 9.17. The van der Waals surface area contributed by atoms with E-state index in [-0.39, 0.29) is 18.4 Å². The third kappa shape index (κ3) is 7.52. The van der Waals surface area contributed by atoms with E-state index in [0.717, 1.165) is 0 Å². The van der Waals surface area contributed by atoms with Gasteiger partial charge in [-0.25, -0.2) is 0 Å². The smallest absolute Gasteiger partial charge is 0.233 e. The monoisotopic (exact) mass is 211 g/mol. The predicted octanol–water partition coefficient (Wildman–Crippen LogP) is -1.20. The maximum atomic E-state index is 11.1. The maximum absolute atomic E-state index is 11.1. The number of nitrogens with one attached hydrogen (secondary N) is 2. The van der Waals surface area contributed by atoms with Crippen LogP contribution in [0.5, 0.6) is 0 Å². The number of carbonyl (C=O) groups excluding carboxylic acids is 2. The summed E-state index contributed by atoms with van der Waals surface area (Å²) >= 11 is 0. The number of amides is 2. The lowest BCUT2D eigenvalue weighted by molar-refractivity contribution is -0.128. The van der Waals surface area contributed by atoms with Crippen LogP contribution in [0.2, 0.25) is 0 Å². The van der Waals surface area contributed by atoms with Crippen molar-refractivity contribution in [3.05, 3.63) is 0 Å². The first kappa shape index (κ1) is 13.5. The molecule has 0 aliphatic heterocycles. The number of terminal acetylenes is 1. The topological polar surface area (TPSA) is 61.4 Å². The quantitative estimate of drug-likeness (QED) is 0.429. The van der Waals surface area contributed by atoms with Gasteiger partial charge < -0.3 is 10.2 Å². The Morgan fingerprint density at radius 1 is 1.40 bits per heavy atom. The van der Waals surface area contributed by atoms with Crippen LogP contribution in [0, 0.1) is 12.3 Å². The van der Waals surface area contributed by atoms with E-state index in [2.05, 4.69) is 16.6 Å². The Morgan fingerprint density at radius 3 is 2.60 bits per heavy atom. The molecule has 2 N–H and O–H groups in total. The van der Waals surface area contributed by atoms with Gasteiger partial charge in [0.15, 0.2) is 0 Å². The van der Waals surface area contributed by atoms with Gasteiger partial charge in [-0.3, -0.25) is 14.9 Å². The molecular weight excluding hydrogens is 194 g/mol.